The lowest BCUT2D eigenvalue weighted by Crippen LogP contribution is -2.39. The molecule has 0 amide bonds. The SMILES string of the molecule is C=C(C)C(=O)OCCCCc1ccc2c(c1)C(C)(C(F)(F)F)c1cc(-c3ccc4ccc5cc(C(C)(C)C)cc6ccc3c4c56)ccc1-2. The van der Waals surface area contributed by atoms with Gasteiger partial charge in [-0.3, -0.25) is 0 Å². The molecule has 7 rings (SSSR count). The van der Waals surface area contributed by atoms with E-state index in [9.17, 15) is 4.79 Å². The lowest BCUT2D eigenvalue weighted by molar-refractivity contribution is -0.172. The van der Waals surface area contributed by atoms with Crippen molar-refractivity contribution in [2.75, 3.05) is 6.61 Å². The number of esters is 1. The average molecular weight is 645 g/mol. The molecular formula is C43H39F3O2. The summed E-state index contributed by atoms with van der Waals surface area (Å²) >= 11 is 0. The van der Waals surface area contributed by atoms with Gasteiger partial charge in [-0.1, -0.05) is 106 Å². The van der Waals surface area contributed by atoms with Gasteiger partial charge in [-0.25, -0.2) is 4.79 Å². The minimum atomic E-state index is -4.51. The first-order valence-corrected chi connectivity index (χ1v) is 16.6. The highest BCUT2D eigenvalue weighted by molar-refractivity contribution is 6.25. The van der Waals surface area contributed by atoms with E-state index in [2.05, 4.69) is 69.8 Å². The Labute approximate surface area is 279 Å². The Kier molecular flexibility index (Phi) is 7.47. The molecule has 244 valence electrons. The fourth-order valence-corrected chi connectivity index (χ4v) is 7.43. The van der Waals surface area contributed by atoms with Gasteiger partial charge in [0, 0.05) is 5.57 Å². The topological polar surface area (TPSA) is 26.3 Å². The fraction of sp³-hybridized carbons (Fsp3) is 0.279. The van der Waals surface area contributed by atoms with Crippen molar-refractivity contribution in [3.8, 4) is 22.3 Å². The number of unbranched alkanes of at least 4 members (excludes halogenated alkanes) is 1. The number of fused-ring (bicyclic) bond motifs is 3. The predicted octanol–water partition coefficient (Wildman–Crippen LogP) is 11.8. The molecule has 6 aromatic carbocycles. The van der Waals surface area contributed by atoms with Gasteiger partial charge in [0.25, 0.3) is 0 Å². The number of aryl methyl sites for hydroxylation is 1. The van der Waals surface area contributed by atoms with Crippen LogP contribution in [0.2, 0.25) is 0 Å². The van der Waals surface area contributed by atoms with Crippen molar-refractivity contribution >= 4 is 38.3 Å². The van der Waals surface area contributed by atoms with Gasteiger partial charge in [-0.05, 0) is 121 Å². The predicted molar refractivity (Wildman–Crippen MR) is 191 cm³/mol. The van der Waals surface area contributed by atoms with Crippen LogP contribution in [0.15, 0.2) is 97.1 Å². The second kappa shape index (κ2) is 11.2. The lowest BCUT2D eigenvalue weighted by atomic mass is 9.78. The van der Waals surface area contributed by atoms with Crippen LogP contribution < -0.4 is 0 Å². The molecular weight excluding hydrogens is 605 g/mol. The van der Waals surface area contributed by atoms with Crippen molar-refractivity contribution in [1.29, 1.82) is 0 Å². The standard InChI is InChI=1S/C43H39F3O2/c1-25(2)40(47)48-20-8-7-9-26-10-16-33-34-18-14-28(24-37(34)42(6,36(33)21-26)43(44,45)46)32-17-13-27-11-12-29-22-31(41(3,4)5)23-30-15-19-35(32)39(27)38(29)30/h10-19,21-24H,1,7-9,20H2,2-6H3. The molecule has 0 aromatic heterocycles. The zero-order valence-corrected chi connectivity index (χ0v) is 28.1. The van der Waals surface area contributed by atoms with Crippen molar-refractivity contribution in [3.05, 3.63) is 119 Å². The Morgan fingerprint density at radius 2 is 1.35 bits per heavy atom. The lowest BCUT2D eigenvalue weighted by Gasteiger charge is -2.30. The van der Waals surface area contributed by atoms with Gasteiger partial charge >= 0.3 is 12.1 Å². The molecule has 1 aliphatic rings. The number of hydrogen-bond acceptors (Lipinski definition) is 2. The minimum Gasteiger partial charge on any atom is -0.462 e. The van der Waals surface area contributed by atoms with Gasteiger partial charge in [0.2, 0.25) is 0 Å². The summed E-state index contributed by atoms with van der Waals surface area (Å²) in [5, 5.41) is 6.83. The largest absolute Gasteiger partial charge is 0.462 e. The van der Waals surface area contributed by atoms with Crippen molar-refractivity contribution in [1.82, 2.24) is 0 Å². The van der Waals surface area contributed by atoms with E-state index < -0.39 is 17.6 Å². The van der Waals surface area contributed by atoms with Gasteiger partial charge < -0.3 is 4.74 Å². The molecule has 0 spiro atoms. The van der Waals surface area contributed by atoms with Crippen LogP contribution in [0.3, 0.4) is 0 Å². The fourth-order valence-electron chi connectivity index (χ4n) is 7.43. The summed E-state index contributed by atoms with van der Waals surface area (Å²) in [5.41, 5.74) is 3.82. The quantitative estimate of drug-likeness (QED) is 0.0748. The molecule has 1 unspecified atom stereocenters. The maximum absolute atomic E-state index is 15.2. The number of benzene rings is 6. The van der Waals surface area contributed by atoms with E-state index in [-0.39, 0.29) is 17.6 Å². The van der Waals surface area contributed by atoms with E-state index in [1.165, 1.54) is 28.6 Å². The molecule has 6 aromatic rings. The zero-order valence-electron chi connectivity index (χ0n) is 28.1. The molecule has 2 nitrogen and oxygen atoms in total. The average Bonchev–Trinajstić information content (AvgIpc) is 3.30. The van der Waals surface area contributed by atoms with Crippen LogP contribution in [0.5, 0.6) is 0 Å². The number of alkyl halides is 3. The maximum Gasteiger partial charge on any atom is 0.402 e. The van der Waals surface area contributed by atoms with Gasteiger partial charge in [-0.15, -0.1) is 0 Å². The van der Waals surface area contributed by atoms with Crippen LogP contribution >= 0.6 is 0 Å². The van der Waals surface area contributed by atoms with Gasteiger partial charge in [0.15, 0.2) is 0 Å². The number of halogens is 3. The number of rotatable bonds is 7. The Balaban J connectivity index is 1.28. The van der Waals surface area contributed by atoms with E-state index in [0.29, 0.717) is 41.5 Å². The third-order valence-corrected chi connectivity index (χ3v) is 10.3. The molecule has 1 atom stereocenters. The van der Waals surface area contributed by atoms with Gasteiger partial charge in [-0.2, -0.15) is 13.2 Å². The molecule has 0 N–H and O–H groups in total. The highest BCUT2D eigenvalue weighted by Gasteiger charge is 2.58. The summed E-state index contributed by atoms with van der Waals surface area (Å²) in [4.78, 5) is 11.6. The normalized spacial score (nSPS) is 16.1. The summed E-state index contributed by atoms with van der Waals surface area (Å²) in [6.45, 7) is 13.4. The molecule has 0 saturated carbocycles. The molecule has 0 bridgehead atoms. The first kappa shape index (κ1) is 31.9. The highest BCUT2D eigenvalue weighted by atomic mass is 19.4. The number of carbonyl (C=O) groups excluding carboxylic acids is 1. The van der Waals surface area contributed by atoms with Gasteiger partial charge in [0.1, 0.15) is 5.41 Å². The van der Waals surface area contributed by atoms with E-state index in [1.54, 1.807) is 19.1 Å². The van der Waals surface area contributed by atoms with Crippen molar-refractivity contribution in [2.45, 2.75) is 70.9 Å². The molecule has 0 fully saturated rings. The first-order valence-electron chi connectivity index (χ1n) is 16.6. The molecule has 0 saturated heterocycles. The van der Waals surface area contributed by atoms with E-state index in [1.807, 2.05) is 30.3 Å². The van der Waals surface area contributed by atoms with E-state index >= 15 is 13.2 Å². The molecule has 0 aliphatic heterocycles. The van der Waals surface area contributed by atoms with Crippen LogP contribution in [-0.4, -0.2) is 18.8 Å². The van der Waals surface area contributed by atoms with Crippen molar-refractivity contribution in [3.63, 3.8) is 0 Å². The van der Waals surface area contributed by atoms with Crippen LogP contribution in [0, 0.1) is 0 Å². The third kappa shape index (κ3) is 5.06. The van der Waals surface area contributed by atoms with Crippen LogP contribution in [0.4, 0.5) is 13.2 Å². The maximum atomic E-state index is 15.2. The van der Waals surface area contributed by atoms with Crippen LogP contribution in [0.25, 0.3) is 54.6 Å². The van der Waals surface area contributed by atoms with Crippen LogP contribution in [-0.2, 0) is 26.8 Å². The second-order valence-corrected chi connectivity index (χ2v) is 14.6. The summed E-state index contributed by atoms with van der Waals surface area (Å²) in [6.07, 6.45) is -2.61. The summed E-state index contributed by atoms with van der Waals surface area (Å²) < 4.78 is 50.9. The first-order chi connectivity index (χ1) is 22.7. The summed E-state index contributed by atoms with van der Waals surface area (Å²) in [5.74, 6) is -0.428. The molecule has 5 heteroatoms. The Bertz CT molecular complexity index is 2230. The second-order valence-electron chi connectivity index (χ2n) is 14.6. The Hall–Kier alpha value is -4.64. The Morgan fingerprint density at radius 3 is 2.02 bits per heavy atom. The third-order valence-electron chi connectivity index (χ3n) is 10.3. The van der Waals surface area contributed by atoms with E-state index in [4.69, 9.17) is 4.74 Å². The molecule has 1 aliphatic carbocycles. The van der Waals surface area contributed by atoms with Gasteiger partial charge in [0.05, 0.1) is 6.61 Å². The van der Waals surface area contributed by atoms with Crippen LogP contribution in [0.1, 0.15) is 69.7 Å². The molecule has 48 heavy (non-hydrogen) atoms. The Morgan fingerprint density at radius 1 is 0.750 bits per heavy atom. The van der Waals surface area contributed by atoms with Crippen molar-refractivity contribution in [2.24, 2.45) is 0 Å². The number of hydrogen-bond donors (Lipinski definition) is 0. The summed E-state index contributed by atoms with van der Waals surface area (Å²) in [7, 11) is 0. The highest BCUT2D eigenvalue weighted by Crippen LogP contribution is 2.57. The number of carbonyl (C=O) groups is 1. The molecule has 0 heterocycles. The monoisotopic (exact) mass is 644 g/mol. The van der Waals surface area contributed by atoms with Crippen molar-refractivity contribution < 1.29 is 22.7 Å². The minimum absolute atomic E-state index is 0.00464. The zero-order chi connectivity index (χ0) is 34.2. The van der Waals surface area contributed by atoms with E-state index in [0.717, 1.165) is 32.8 Å². The molecule has 0 radical (unpaired) electrons. The number of ether oxygens (including phenoxy) is 1. The summed E-state index contributed by atoms with van der Waals surface area (Å²) in [6, 6.07) is 28.3. The smallest absolute Gasteiger partial charge is 0.402 e.